The first-order valence-electron chi connectivity index (χ1n) is 11.1. The lowest BCUT2D eigenvalue weighted by Crippen LogP contribution is -2.46. The number of aryl methyl sites for hydroxylation is 1. The van der Waals surface area contributed by atoms with Gasteiger partial charge in [0.25, 0.3) is 0 Å². The summed E-state index contributed by atoms with van der Waals surface area (Å²) < 4.78 is 11.2. The number of morpholine rings is 1. The van der Waals surface area contributed by atoms with E-state index >= 15 is 0 Å². The molecule has 3 aromatic rings. The standard InChI is InChI=1S/C25H31N5O2.HI/c1-19-8-10-20(11-9-19)23(30-12-14-31-15-13-30)17-28-25(26-2)27-16-22-18-32-24(29-22)21-6-4-3-5-7-21;/h3-11,18,23H,12-17H2,1-2H3,(H2,26,27,28);1H. The number of rotatable bonds is 7. The number of nitrogens with one attached hydrogen (secondary N) is 2. The maximum absolute atomic E-state index is 5.63. The molecule has 7 nitrogen and oxygen atoms in total. The van der Waals surface area contributed by atoms with Gasteiger partial charge in [-0.2, -0.15) is 0 Å². The second-order valence-electron chi connectivity index (χ2n) is 7.89. The highest BCUT2D eigenvalue weighted by Gasteiger charge is 2.23. The molecule has 1 unspecified atom stereocenters. The molecule has 0 aliphatic carbocycles. The maximum atomic E-state index is 5.63. The third-order valence-corrected chi connectivity index (χ3v) is 5.64. The van der Waals surface area contributed by atoms with Gasteiger partial charge in [0.05, 0.1) is 31.5 Å². The number of guanidine groups is 1. The Morgan fingerprint density at radius 1 is 1.06 bits per heavy atom. The number of halogens is 1. The van der Waals surface area contributed by atoms with Crippen molar-refractivity contribution in [3.8, 4) is 11.5 Å². The van der Waals surface area contributed by atoms with Gasteiger partial charge in [-0.25, -0.2) is 4.98 Å². The number of ether oxygens (including phenoxy) is 1. The zero-order valence-electron chi connectivity index (χ0n) is 19.2. The second-order valence-corrected chi connectivity index (χ2v) is 7.89. The SMILES string of the molecule is CN=C(NCc1coc(-c2ccccc2)n1)NCC(c1ccc(C)cc1)N1CCOCC1.I. The van der Waals surface area contributed by atoms with Crippen LogP contribution >= 0.6 is 24.0 Å². The fourth-order valence-corrected chi connectivity index (χ4v) is 3.83. The molecule has 8 heteroatoms. The number of nitrogens with zero attached hydrogens (tertiary/aromatic N) is 3. The molecule has 1 atom stereocenters. The lowest BCUT2D eigenvalue weighted by Gasteiger charge is -2.35. The van der Waals surface area contributed by atoms with Gasteiger partial charge in [-0.05, 0) is 24.6 Å². The highest BCUT2D eigenvalue weighted by molar-refractivity contribution is 14.0. The van der Waals surface area contributed by atoms with Gasteiger partial charge in [0.2, 0.25) is 5.89 Å². The Labute approximate surface area is 212 Å². The van der Waals surface area contributed by atoms with Crippen molar-refractivity contribution in [3.05, 3.63) is 77.7 Å². The third kappa shape index (κ3) is 7.02. The van der Waals surface area contributed by atoms with E-state index in [2.05, 4.69) is 56.7 Å². The van der Waals surface area contributed by atoms with Crippen LogP contribution in [0.5, 0.6) is 0 Å². The Morgan fingerprint density at radius 3 is 2.48 bits per heavy atom. The summed E-state index contributed by atoms with van der Waals surface area (Å²) in [6.45, 7) is 6.78. The van der Waals surface area contributed by atoms with E-state index in [-0.39, 0.29) is 30.0 Å². The molecule has 0 bridgehead atoms. The number of aromatic nitrogens is 1. The van der Waals surface area contributed by atoms with Gasteiger partial charge in [0.15, 0.2) is 5.96 Å². The molecule has 176 valence electrons. The second kappa shape index (κ2) is 12.7. The van der Waals surface area contributed by atoms with Gasteiger partial charge in [0.1, 0.15) is 6.26 Å². The van der Waals surface area contributed by atoms with Crippen molar-refractivity contribution >= 4 is 29.9 Å². The monoisotopic (exact) mass is 561 g/mol. The Morgan fingerprint density at radius 2 is 1.79 bits per heavy atom. The Balaban J connectivity index is 0.00000306. The number of hydrogen-bond acceptors (Lipinski definition) is 5. The van der Waals surface area contributed by atoms with Crippen molar-refractivity contribution in [2.45, 2.75) is 19.5 Å². The summed E-state index contributed by atoms with van der Waals surface area (Å²) in [6.07, 6.45) is 1.69. The first-order chi connectivity index (χ1) is 15.7. The van der Waals surface area contributed by atoms with Gasteiger partial charge in [-0.15, -0.1) is 24.0 Å². The van der Waals surface area contributed by atoms with Crippen LogP contribution in [-0.2, 0) is 11.3 Å². The Kier molecular flexibility index (Phi) is 9.71. The molecule has 2 N–H and O–H groups in total. The van der Waals surface area contributed by atoms with Crippen LogP contribution in [-0.4, -0.2) is 55.7 Å². The molecule has 1 fully saturated rings. The first kappa shape index (κ1) is 25.2. The third-order valence-electron chi connectivity index (χ3n) is 5.64. The zero-order chi connectivity index (χ0) is 22.2. The fraction of sp³-hybridized carbons (Fsp3) is 0.360. The largest absolute Gasteiger partial charge is 0.444 e. The van der Waals surface area contributed by atoms with E-state index in [9.17, 15) is 0 Å². The normalized spacial score (nSPS) is 15.5. The van der Waals surface area contributed by atoms with Crippen LogP contribution in [0.15, 0.2) is 70.3 Å². The smallest absolute Gasteiger partial charge is 0.226 e. The van der Waals surface area contributed by atoms with Crippen LogP contribution in [0.1, 0.15) is 22.9 Å². The Bertz CT molecular complexity index is 1000. The van der Waals surface area contributed by atoms with E-state index in [1.165, 1.54) is 11.1 Å². The van der Waals surface area contributed by atoms with Gasteiger partial charge in [-0.1, -0.05) is 48.0 Å². The molecular weight excluding hydrogens is 529 g/mol. The lowest BCUT2D eigenvalue weighted by atomic mass is 10.0. The van der Waals surface area contributed by atoms with Gasteiger partial charge in [-0.3, -0.25) is 9.89 Å². The minimum atomic E-state index is 0. The van der Waals surface area contributed by atoms with Crippen molar-refractivity contribution in [2.75, 3.05) is 39.9 Å². The predicted molar refractivity (Wildman–Crippen MR) is 142 cm³/mol. The summed E-state index contributed by atoms with van der Waals surface area (Å²) >= 11 is 0. The summed E-state index contributed by atoms with van der Waals surface area (Å²) in [6, 6.07) is 18.9. The molecule has 2 aromatic carbocycles. The van der Waals surface area contributed by atoms with Crippen LogP contribution < -0.4 is 10.6 Å². The summed E-state index contributed by atoms with van der Waals surface area (Å²) in [5.41, 5.74) is 4.36. The zero-order valence-corrected chi connectivity index (χ0v) is 21.5. The van der Waals surface area contributed by atoms with Crippen molar-refractivity contribution in [2.24, 2.45) is 4.99 Å². The average molecular weight is 561 g/mol. The molecule has 1 saturated heterocycles. The van der Waals surface area contributed by atoms with Crippen molar-refractivity contribution < 1.29 is 9.15 Å². The molecule has 33 heavy (non-hydrogen) atoms. The van der Waals surface area contributed by atoms with E-state index in [0.717, 1.165) is 50.1 Å². The number of oxazole rings is 1. The minimum Gasteiger partial charge on any atom is -0.444 e. The van der Waals surface area contributed by atoms with E-state index < -0.39 is 0 Å². The topological polar surface area (TPSA) is 74.9 Å². The molecule has 0 radical (unpaired) electrons. The number of hydrogen-bond donors (Lipinski definition) is 2. The van der Waals surface area contributed by atoms with Crippen LogP contribution in [0.25, 0.3) is 11.5 Å². The average Bonchev–Trinajstić information content (AvgIpc) is 3.32. The van der Waals surface area contributed by atoms with Gasteiger partial charge in [0, 0.05) is 32.2 Å². The number of benzene rings is 2. The summed E-state index contributed by atoms with van der Waals surface area (Å²) in [7, 11) is 1.78. The molecule has 1 aliphatic rings. The molecule has 1 aliphatic heterocycles. The fourth-order valence-electron chi connectivity index (χ4n) is 3.83. The highest BCUT2D eigenvalue weighted by Crippen LogP contribution is 2.22. The first-order valence-corrected chi connectivity index (χ1v) is 11.1. The molecular formula is C25H32IN5O2. The molecule has 0 amide bonds. The van der Waals surface area contributed by atoms with Crippen LogP contribution in [0.2, 0.25) is 0 Å². The van der Waals surface area contributed by atoms with Crippen LogP contribution in [0.3, 0.4) is 0 Å². The van der Waals surface area contributed by atoms with Crippen molar-refractivity contribution in [3.63, 3.8) is 0 Å². The molecule has 1 aromatic heterocycles. The van der Waals surface area contributed by atoms with Crippen LogP contribution in [0.4, 0.5) is 0 Å². The predicted octanol–water partition coefficient (Wildman–Crippen LogP) is 4.01. The highest BCUT2D eigenvalue weighted by atomic mass is 127. The van der Waals surface area contributed by atoms with E-state index in [0.29, 0.717) is 12.4 Å². The molecule has 4 rings (SSSR count). The molecule has 2 heterocycles. The summed E-state index contributed by atoms with van der Waals surface area (Å²) in [4.78, 5) is 11.4. The quantitative estimate of drug-likeness (QED) is 0.258. The summed E-state index contributed by atoms with van der Waals surface area (Å²) in [5, 5.41) is 6.83. The molecule has 0 spiro atoms. The number of aliphatic imine (C=N–C) groups is 1. The van der Waals surface area contributed by atoms with E-state index in [4.69, 9.17) is 9.15 Å². The van der Waals surface area contributed by atoms with Gasteiger partial charge >= 0.3 is 0 Å². The maximum Gasteiger partial charge on any atom is 0.226 e. The molecule has 0 saturated carbocycles. The van der Waals surface area contributed by atoms with E-state index in [1.807, 2.05) is 30.3 Å². The lowest BCUT2D eigenvalue weighted by molar-refractivity contribution is 0.0170. The van der Waals surface area contributed by atoms with Crippen LogP contribution in [0, 0.1) is 6.92 Å². The van der Waals surface area contributed by atoms with Crippen molar-refractivity contribution in [1.82, 2.24) is 20.5 Å². The van der Waals surface area contributed by atoms with E-state index in [1.54, 1.807) is 13.3 Å². The Hall–Kier alpha value is -2.43. The van der Waals surface area contributed by atoms with Crippen molar-refractivity contribution in [1.29, 1.82) is 0 Å². The van der Waals surface area contributed by atoms with Gasteiger partial charge < -0.3 is 19.8 Å². The summed E-state index contributed by atoms with van der Waals surface area (Å²) in [5.74, 6) is 1.36. The minimum absolute atomic E-state index is 0.